The third-order valence-corrected chi connectivity index (χ3v) is 5.85. The van der Waals surface area contributed by atoms with Crippen LogP contribution in [0, 0.1) is 4.77 Å². The molecule has 2 heterocycles. The van der Waals surface area contributed by atoms with Gasteiger partial charge in [0.15, 0.2) is 4.77 Å². The fourth-order valence-electron chi connectivity index (χ4n) is 3.97. The van der Waals surface area contributed by atoms with Gasteiger partial charge < -0.3 is 15.2 Å². The van der Waals surface area contributed by atoms with Gasteiger partial charge in [0.1, 0.15) is 5.69 Å². The Morgan fingerprint density at radius 2 is 1.62 bits per heavy atom. The Morgan fingerprint density at radius 3 is 2.41 bits per heavy atom. The van der Waals surface area contributed by atoms with E-state index in [2.05, 4.69) is 16.4 Å². The summed E-state index contributed by atoms with van der Waals surface area (Å²) in [4.78, 5) is 30.6. The van der Waals surface area contributed by atoms with Gasteiger partial charge >= 0.3 is 0 Å². The first-order chi connectivity index (χ1) is 15.6. The molecule has 0 spiro atoms. The standard InChI is InChI=1S/C25H20N4O2S/c30-23(22-16-26-25(32)29(22)20-7-2-1-3-8-20)27-19-12-10-18(11-13-19)24(31)28-15-14-17-6-4-5-9-21(17)28/h1-13,16H,14-15H2,(H,26,32)(H,27,30). The minimum Gasteiger partial charge on any atom is -0.336 e. The topological polar surface area (TPSA) is 70.1 Å². The summed E-state index contributed by atoms with van der Waals surface area (Å²) in [5.74, 6) is -0.343. The Balaban J connectivity index is 1.34. The van der Waals surface area contributed by atoms with Gasteiger partial charge in [-0.25, -0.2) is 0 Å². The largest absolute Gasteiger partial charge is 0.336 e. The smallest absolute Gasteiger partial charge is 0.274 e. The molecule has 1 aliphatic heterocycles. The Hall–Kier alpha value is -3.97. The summed E-state index contributed by atoms with van der Waals surface area (Å²) in [7, 11) is 0. The average Bonchev–Trinajstić information content (AvgIpc) is 3.43. The number of rotatable bonds is 4. The van der Waals surface area contributed by atoms with Gasteiger partial charge in [-0.05, 0) is 66.7 Å². The third-order valence-electron chi connectivity index (χ3n) is 5.55. The van der Waals surface area contributed by atoms with E-state index in [0.29, 0.717) is 28.3 Å². The molecule has 1 aliphatic rings. The van der Waals surface area contributed by atoms with Crippen LogP contribution in [0.4, 0.5) is 11.4 Å². The fourth-order valence-corrected chi connectivity index (χ4v) is 4.23. The van der Waals surface area contributed by atoms with Crippen molar-refractivity contribution in [2.24, 2.45) is 0 Å². The van der Waals surface area contributed by atoms with Crippen molar-refractivity contribution in [1.82, 2.24) is 9.55 Å². The summed E-state index contributed by atoms with van der Waals surface area (Å²) >= 11 is 5.35. The number of carbonyl (C=O) groups is 2. The molecular formula is C25H20N4O2S. The fraction of sp³-hybridized carbons (Fsp3) is 0.0800. The van der Waals surface area contributed by atoms with Crippen molar-refractivity contribution in [2.75, 3.05) is 16.8 Å². The second-order valence-corrected chi connectivity index (χ2v) is 7.90. The molecule has 158 valence electrons. The first-order valence-electron chi connectivity index (χ1n) is 10.3. The molecule has 0 saturated heterocycles. The van der Waals surface area contributed by atoms with Crippen LogP contribution < -0.4 is 10.2 Å². The summed E-state index contributed by atoms with van der Waals surface area (Å²) in [6.45, 7) is 0.674. The predicted octanol–water partition coefficient (Wildman–Crippen LogP) is 4.99. The highest BCUT2D eigenvalue weighted by atomic mass is 32.1. The first kappa shape index (κ1) is 20.0. The molecule has 4 aromatic rings. The quantitative estimate of drug-likeness (QED) is 0.439. The number of benzene rings is 3. The summed E-state index contributed by atoms with van der Waals surface area (Å²) in [6, 6.07) is 24.4. The minimum atomic E-state index is -0.297. The molecule has 0 unspecified atom stereocenters. The zero-order valence-electron chi connectivity index (χ0n) is 17.1. The van der Waals surface area contributed by atoms with Crippen LogP contribution in [0.1, 0.15) is 26.4 Å². The van der Waals surface area contributed by atoms with E-state index in [4.69, 9.17) is 12.2 Å². The number of amides is 2. The van der Waals surface area contributed by atoms with Crippen LogP contribution in [0.5, 0.6) is 0 Å². The van der Waals surface area contributed by atoms with Crippen molar-refractivity contribution in [3.05, 3.63) is 107 Å². The lowest BCUT2D eigenvalue weighted by atomic mass is 10.1. The number of anilines is 2. The lowest BCUT2D eigenvalue weighted by Gasteiger charge is -2.17. The van der Waals surface area contributed by atoms with Gasteiger partial charge in [0.25, 0.3) is 11.8 Å². The van der Waals surface area contributed by atoms with Crippen LogP contribution in [0.2, 0.25) is 0 Å². The number of fused-ring (bicyclic) bond motifs is 1. The number of imidazole rings is 1. The molecule has 2 amide bonds. The molecule has 32 heavy (non-hydrogen) atoms. The number of aromatic amines is 1. The Morgan fingerprint density at radius 1 is 0.906 bits per heavy atom. The number of para-hydroxylation sites is 2. The van der Waals surface area contributed by atoms with Gasteiger partial charge in [0.05, 0.1) is 0 Å². The number of hydrogen-bond acceptors (Lipinski definition) is 3. The average molecular weight is 441 g/mol. The van der Waals surface area contributed by atoms with Crippen molar-refractivity contribution in [1.29, 1.82) is 0 Å². The van der Waals surface area contributed by atoms with Crippen LogP contribution in [0.3, 0.4) is 0 Å². The van der Waals surface area contributed by atoms with Crippen LogP contribution in [-0.2, 0) is 6.42 Å². The Bertz CT molecular complexity index is 1360. The van der Waals surface area contributed by atoms with E-state index in [1.54, 1.807) is 39.9 Å². The summed E-state index contributed by atoms with van der Waals surface area (Å²) < 4.78 is 2.13. The van der Waals surface area contributed by atoms with E-state index in [1.165, 1.54) is 5.56 Å². The zero-order valence-corrected chi connectivity index (χ0v) is 17.9. The van der Waals surface area contributed by atoms with E-state index in [-0.39, 0.29) is 11.8 Å². The van der Waals surface area contributed by atoms with Crippen molar-refractivity contribution < 1.29 is 9.59 Å². The number of aromatic nitrogens is 2. The van der Waals surface area contributed by atoms with Gasteiger partial charge in [-0.3, -0.25) is 14.2 Å². The maximum atomic E-state index is 13.0. The van der Waals surface area contributed by atoms with E-state index in [9.17, 15) is 9.59 Å². The van der Waals surface area contributed by atoms with E-state index in [1.807, 2.05) is 48.5 Å². The second kappa shape index (κ2) is 8.28. The minimum absolute atomic E-state index is 0.0453. The van der Waals surface area contributed by atoms with Gasteiger partial charge in [0, 0.05) is 35.4 Å². The number of nitrogens with zero attached hydrogens (tertiary/aromatic N) is 2. The Labute approximate surface area is 190 Å². The maximum Gasteiger partial charge on any atom is 0.274 e. The van der Waals surface area contributed by atoms with Crippen LogP contribution >= 0.6 is 12.2 Å². The lowest BCUT2D eigenvalue weighted by molar-refractivity contribution is 0.0988. The molecule has 0 fully saturated rings. The molecule has 0 radical (unpaired) electrons. The Kier molecular flexibility index (Phi) is 5.17. The van der Waals surface area contributed by atoms with Crippen molar-refractivity contribution in [3.63, 3.8) is 0 Å². The molecule has 0 aliphatic carbocycles. The van der Waals surface area contributed by atoms with Crippen molar-refractivity contribution in [2.45, 2.75) is 6.42 Å². The molecule has 0 saturated carbocycles. The van der Waals surface area contributed by atoms with Gasteiger partial charge in [0.2, 0.25) is 0 Å². The van der Waals surface area contributed by atoms with Crippen LogP contribution in [0.25, 0.3) is 5.69 Å². The predicted molar refractivity (Wildman–Crippen MR) is 127 cm³/mol. The number of H-pyrrole nitrogens is 1. The van der Waals surface area contributed by atoms with Gasteiger partial charge in [-0.1, -0.05) is 36.4 Å². The molecule has 2 N–H and O–H groups in total. The van der Waals surface area contributed by atoms with Crippen molar-refractivity contribution in [3.8, 4) is 5.69 Å². The summed E-state index contributed by atoms with van der Waals surface area (Å²) in [5.41, 5.74) is 4.52. The third kappa shape index (κ3) is 3.63. The molecule has 0 atom stereocenters. The van der Waals surface area contributed by atoms with E-state index < -0.39 is 0 Å². The SMILES string of the molecule is O=C(Nc1ccc(C(=O)N2CCc3ccccc32)cc1)c1c[nH]c(=S)n1-c1ccccc1. The number of hydrogen-bond donors (Lipinski definition) is 2. The zero-order chi connectivity index (χ0) is 22.1. The molecule has 1 aromatic heterocycles. The van der Waals surface area contributed by atoms with E-state index in [0.717, 1.165) is 17.8 Å². The lowest BCUT2D eigenvalue weighted by Crippen LogP contribution is -2.28. The summed E-state index contributed by atoms with van der Waals surface area (Å²) in [5, 5.41) is 2.88. The first-order valence-corrected chi connectivity index (χ1v) is 10.7. The number of carbonyl (C=O) groups excluding carboxylic acids is 2. The number of nitrogens with one attached hydrogen (secondary N) is 2. The molecule has 6 nitrogen and oxygen atoms in total. The van der Waals surface area contributed by atoms with E-state index >= 15 is 0 Å². The highest BCUT2D eigenvalue weighted by molar-refractivity contribution is 7.71. The summed E-state index contributed by atoms with van der Waals surface area (Å²) in [6.07, 6.45) is 2.45. The molecule has 3 aromatic carbocycles. The van der Waals surface area contributed by atoms with Crippen LogP contribution in [-0.4, -0.2) is 27.9 Å². The second-order valence-electron chi connectivity index (χ2n) is 7.52. The molecule has 5 rings (SSSR count). The molecule has 0 bridgehead atoms. The van der Waals surface area contributed by atoms with Crippen LogP contribution in [0.15, 0.2) is 85.1 Å². The van der Waals surface area contributed by atoms with Gasteiger partial charge in [-0.15, -0.1) is 0 Å². The molecule has 7 heteroatoms. The normalized spacial score (nSPS) is 12.4. The highest BCUT2D eigenvalue weighted by Gasteiger charge is 2.25. The maximum absolute atomic E-state index is 13.0. The molecular weight excluding hydrogens is 420 g/mol. The van der Waals surface area contributed by atoms with Crippen molar-refractivity contribution >= 4 is 35.4 Å². The monoisotopic (exact) mass is 440 g/mol. The van der Waals surface area contributed by atoms with Gasteiger partial charge in [-0.2, -0.15) is 0 Å². The highest BCUT2D eigenvalue weighted by Crippen LogP contribution is 2.29.